The van der Waals surface area contributed by atoms with E-state index in [-0.39, 0.29) is 48.2 Å². The van der Waals surface area contributed by atoms with Crippen LogP contribution in [0.1, 0.15) is 43.1 Å². The van der Waals surface area contributed by atoms with Gasteiger partial charge in [-0.2, -0.15) is 4.31 Å². The van der Waals surface area contributed by atoms with Crippen molar-refractivity contribution in [2.45, 2.75) is 50.8 Å². The first-order valence-corrected chi connectivity index (χ1v) is 11.9. The molecule has 0 unspecified atom stereocenters. The minimum atomic E-state index is -3.72. The fraction of sp³-hybridized carbons (Fsp3) is 0.455. The van der Waals surface area contributed by atoms with E-state index in [1.807, 2.05) is 26.8 Å². The van der Waals surface area contributed by atoms with Crippen LogP contribution in [0.2, 0.25) is 0 Å². The van der Waals surface area contributed by atoms with E-state index in [9.17, 15) is 13.2 Å². The normalized spacial score (nSPS) is 19.7. The molecule has 0 aliphatic carbocycles. The molecule has 168 valence electrons. The van der Waals surface area contributed by atoms with E-state index in [4.69, 9.17) is 9.47 Å². The summed E-state index contributed by atoms with van der Waals surface area (Å²) in [4.78, 5) is 17.0. The lowest BCUT2D eigenvalue weighted by atomic mass is 10.2. The van der Waals surface area contributed by atoms with Crippen molar-refractivity contribution < 1.29 is 22.7 Å². The maximum absolute atomic E-state index is 13.1. The van der Waals surface area contributed by atoms with E-state index >= 15 is 0 Å². The first-order valence-electron chi connectivity index (χ1n) is 10.4. The van der Waals surface area contributed by atoms with Gasteiger partial charge in [-0.3, -0.25) is 4.79 Å². The van der Waals surface area contributed by atoms with Gasteiger partial charge >= 0.3 is 0 Å². The van der Waals surface area contributed by atoms with Crippen LogP contribution in [0.15, 0.2) is 47.5 Å². The van der Waals surface area contributed by atoms with Gasteiger partial charge in [0.05, 0.1) is 23.7 Å². The fourth-order valence-electron chi connectivity index (χ4n) is 3.44. The molecule has 9 heteroatoms. The molecule has 2 atom stereocenters. The van der Waals surface area contributed by atoms with Gasteiger partial charge in [-0.1, -0.05) is 19.1 Å². The Morgan fingerprint density at radius 2 is 1.97 bits per heavy atom. The van der Waals surface area contributed by atoms with Crippen LogP contribution < -0.4 is 10.1 Å². The Hall–Kier alpha value is -2.49. The van der Waals surface area contributed by atoms with E-state index in [0.717, 1.165) is 12.0 Å². The highest BCUT2D eigenvalue weighted by atomic mass is 32.2. The SMILES string of the molecule is CCCOc1ncccc1CNC(=O)c1cccc(S(=O)(=O)N2C[C@@H](C)O[C@H](C)C2)c1. The summed E-state index contributed by atoms with van der Waals surface area (Å²) in [6.07, 6.45) is 2.12. The van der Waals surface area contributed by atoms with Gasteiger partial charge in [0.1, 0.15) is 0 Å². The maximum atomic E-state index is 13.1. The van der Waals surface area contributed by atoms with Crippen LogP contribution in [0.4, 0.5) is 0 Å². The van der Waals surface area contributed by atoms with Crippen LogP contribution in [0.5, 0.6) is 5.88 Å². The number of rotatable bonds is 8. The van der Waals surface area contributed by atoms with E-state index in [2.05, 4.69) is 10.3 Å². The zero-order chi connectivity index (χ0) is 22.4. The largest absolute Gasteiger partial charge is 0.477 e. The number of hydrogen-bond donors (Lipinski definition) is 1. The summed E-state index contributed by atoms with van der Waals surface area (Å²) in [6.45, 7) is 7.02. The quantitative estimate of drug-likeness (QED) is 0.668. The van der Waals surface area contributed by atoms with Crippen molar-refractivity contribution in [1.82, 2.24) is 14.6 Å². The van der Waals surface area contributed by atoms with Crippen LogP contribution in [0.25, 0.3) is 0 Å². The van der Waals surface area contributed by atoms with Crippen molar-refractivity contribution in [3.63, 3.8) is 0 Å². The van der Waals surface area contributed by atoms with E-state index < -0.39 is 10.0 Å². The minimum absolute atomic E-state index is 0.0924. The van der Waals surface area contributed by atoms with Gasteiger partial charge < -0.3 is 14.8 Å². The number of aromatic nitrogens is 1. The summed E-state index contributed by atoms with van der Waals surface area (Å²) in [5, 5.41) is 2.82. The number of carbonyl (C=O) groups is 1. The van der Waals surface area contributed by atoms with Crippen molar-refractivity contribution in [1.29, 1.82) is 0 Å². The van der Waals surface area contributed by atoms with Crippen molar-refractivity contribution >= 4 is 15.9 Å². The molecular formula is C22H29N3O5S. The van der Waals surface area contributed by atoms with Gasteiger partial charge in [0.25, 0.3) is 5.91 Å². The molecule has 0 radical (unpaired) electrons. The molecule has 31 heavy (non-hydrogen) atoms. The van der Waals surface area contributed by atoms with Crippen molar-refractivity contribution in [3.05, 3.63) is 53.7 Å². The Morgan fingerprint density at radius 3 is 2.68 bits per heavy atom. The highest BCUT2D eigenvalue weighted by Crippen LogP contribution is 2.22. The molecule has 1 fully saturated rings. The Bertz CT molecular complexity index is 1000. The monoisotopic (exact) mass is 447 g/mol. The first-order chi connectivity index (χ1) is 14.8. The minimum Gasteiger partial charge on any atom is -0.477 e. The summed E-state index contributed by atoms with van der Waals surface area (Å²) in [7, 11) is -3.72. The highest BCUT2D eigenvalue weighted by Gasteiger charge is 2.32. The van der Waals surface area contributed by atoms with Crippen LogP contribution in [0, 0.1) is 0 Å². The summed E-state index contributed by atoms with van der Waals surface area (Å²) >= 11 is 0. The van der Waals surface area contributed by atoms with E-state index in [1.54, 1.807) is 24.4 Å². The third-order valence-electron chi connectivity index (χ3n) is 4.85. The van der Waals surface area contributed by atoms with Gasteiger partial charge in [0.2, 0.25) is 15.9 Å². The predicted molar refractivity (Wildman–Crippen MR) is 116 cm³/mol. The molecule has 2 aromatic rings. The zero-order valence-electron chi connectivity index (χ0n) is 18.1. The predicted octanol–water partition coefficient (Wildman–Crippen LogP) is 2.60. The number of pyridine rings is 1. The second-order valence-electron chi connectivity index (χ2n) is 7.61. The molecular weight excluding hydrogens is 418 g/mol. The number of amides is 1. The van der Waals surface area contributed by atoms with Crippen molar-refractivity contribution in [2.24, 2.45) is 0 Å². The summed E-state index contributed by atoms with van der Waals surface area (Å²) in [5.41, 5.74) is 1.03. The lowest BCUT2D eigenvalue weighted by Gasteiger charge is -2.34. The number of sulfonamides is 1. The van der Waals surface area contributed by atoms with Crippen LogP contribution in [-0.2, 0) is 21.3 Å². The molecule has 1 aliphatic heterocycles. The lowest BCUT2D eigenvalue weighted by Crippen LogP contribution is -2.48. The number of morpholine rings is 1. The van der Waals surface area contributed by atoms with Crippen LogP contribution in [-0.4, -0.2) is 55.5 Å². The molecule has 0 saturated carbocycles. The molecule has 1 saturated heterocycles. The standard InChI is InChI=1S/C22H29N3O5S/c1-4-11-29-22-19(8-6-10-23-22)13-24-21(26)18-7-5-9-20(12-18)31(27,28)25-14-16(2)30-17(3)15-25/h5-10,12,16-17H,4,11,13-15H2,1-3H3,(H,24,26)/t16-,17-/m1/s1. The fourth-order valence-corrected chi connectivity index (χ4v) is 5.08. The average Bonchev–Trinajstić information content (AvgIpc) is 2.76. The summed E-state index contributed by atoms with van der Waals surface area (Å²) < 4.78 is 38.8. The topological polar surface area (TPSA) is 97.8 Å². The number of nitrogens with zero attached hydrogens (tertiary/aromatic N) is 2. The molecule has 1 N–H and O–H groups in total. The lowest BCUT2D eigenvalue weighted by molar-refractivity contribution is -0.0440. The molecule has 0 bridgehead atoms. The molecule has 1 aromatic carbocycles. The second-order valence-corrected chi connectivity index (χ2v) is 9.54. The van der Waals surface area contributed by atoms with Crippen LogP contribution >= 0.6 is 0 Å². The highest BCUT2D eigenvalue weighted by molar-refractivity contribution is 7.89. The number of hydrogen-bond acceptors (Lipinski definition) is 6. The number of carbonyl (C=O) groups excluding carboxylic acids is 1. The average molecular weight is 448 g/mol. The first kappa shape index (κ1) is 23.2. The molecule has 0 spiro atoms. The molecule has 8 nitrogen and oxygen atoms in total. The third kappa shape index (κ3) is 5.81. The molecule has 3 rings (SSSR count). The smallest absolute Gasteiger partial charge is 0.251 e. The maximum Gasteiger partial charge on any atom is 0.251 e. The number of ether oxygens (including phenoxy) is 2. The Labute approximate surface area is 183 Å². The Balaban J connectivity index is 1.72. The summed E-state index contributed by atoms with van der Waals surface area (Å²) in [6, 6.07) is 9.70. The number of benzene rings is 1. The van der Waals surface area contributed by atoms with Gasteiger partial charge in [0, 0.05) is 37.0 Å². The van der Waals surface area contributed by atoms with E-state index in [0.29, 0.717) is 12.5 Å². The van der Waals surface area contributed by atoms with Gasteiger partial charge in [0.15, 0.2) is 0 Å². The Morgan fingerprint density at radius 1 is 1.23 bits per heavy atom. The van der Waals surface area contributed by atoms with Gasteiger partial charge in [-0.05, 0) is 44.5 Å². The van der Waals surface area contributed by atoms with Gasteiger partial charge in [-0.25, -0.2) is 13.4 Å². The molecule has 1 aliphatic rings. The molecule has 2 heterocycles. The molecule has 1 aromatic heterocycles. The third-order valence-corrected chi connectivity index (χ3v) is 6.68. The van der Waals surface area contributed by atoms with E-state index in [1.165, 1.54) is 16.4 Å². The van der Waals surface area contributed by atoms with Crippen molar-refractivity contribution in [3.8, 4) is 5.88 Å². The van der Waals surface area contributed by atoms with Crippen LogP contribution in [0.3, 0.4) is 0 Å². The summed E-state index contributed by atoms with van der Waals surface area (Å²) in [5.74, 6) is 0.114. The van der Waals surface area contributed by atoms with Gasteiger partial charge in [-0.15, -0.1) is 0 Å². The zero-order valence-corrected chi connectivity index (χ0v) is 18.9. The van der Waals surface area contributed by atoms with Crippen molar-refractivity contribution in [2.75, 3.05) is 19.7 Å². The Kier molecular flexibility index (Phi) is 7.64. The number of nitrogens with one attached hydrogen (secondary N) is 1. The second kappa shape index (κ2) is 10.2. The molecule has 1 amide bonds.